The molecule has 0 N–H and O–H groups in total. The summed E-state index contributed by atoms with van der Waals surface area (Å²) in [6, 6.07) is 7.51. The molecule has 2 aliphatic rings. The molecule has 1 saturated heterocycles. The Balaban J connectivity index is 1.89. The summed E-state index contributed by atoms with van der Waals surface area (Å²) in [4.78, 5) is 0. The van der Waals surface area contributed by atoms with Gasteiger partial charge in [0.15, 0.2) is 6.10 Å². The molecule has 1 aromatic carbocycles. The van der Waals surface area contributed by atoms with Crippen molar-refractivity contribution in [2.24, 2.45) is 0 Å². The fraction of sp³-hybridized carbons (Fsp3) is 0.500. The summed E-state index contributed by atoms with van der Waals surface area (Å²) in [6.07, 6.45) is -0.275. The second-order valence-corrected chi connectivity index (χ2v) is 11.9. The van der Waals surface area contributed by atoms with E-state index >= 15 is 0 Å². The molecule has 1 aromatic rings. The minimum absolute atomic E-state index is 0.275. The Bertz CT molecular complexity index is 585. The molecule has 120 valence electrons. The van der Waals surface area contributed by atoms with Crippen LogP contribution in [0.25, 0.3) is 0 Å². The molecule has 1 heterocycles. The van der Waals surface area contributed by atoms with Gasteiger partial charge < -0.3 is 18.9 Å². The van der Waals surface area contributed by atoms with Crippen molar-refractivity contribution in [3.05, 3.63) is 34.5 Å². The van der Waals surface area contributed by atoms with Gasteiger partial charge >= 0.3 is 0 Å². The standard InChI is InChI=1S/C16H21ClO4Si/c1-18-11-5-7-12(8-6-11)21-15-13(22(2,3)4)14(17)16(15)19-9-10-20-16/h5-8,15H,9-10H2,1-4H3. The molecule has 1 spiro atoms. The van der Waals surface area contributed by atoms with Gasteiger partial charge in [-0.25, -0.2) is 0 Å². The quantitative estimate of drug-likeness (QED) is 0.785. The minimum Gasteiger partial charge on any atom is -0.497 e. The third kappa shape index (κ3) is 2.46. The van der Waals surface area contributed by atoms with Crippen molar-refractivity contribution in [2.45, 2.75) is 31.5 Å². The summed E-state index contributed by atoms with van der Waals surface area (Å²) in [7, 11) is 0.0145. The van der Waals surface area contributed by atoms with Crippen LogP contribution in [0.5, 0.6) is 11.5 Å². The van der Waals surface area contributed by atoms with E-state index in [0.29, 0.717) is 18.2 Å². The predicted octanol–water partition coefficient (Wildman–Crippen LogP) is 3.57. The van der Waals surface area contributed by atoms with Crippen LogP contribution in [0.3, 0.4) is 0 Å². The van der Waals surface area contributed by atoms with Gasteiger partial charge in [-0.15, -0.1) is 0 Å². The van der Waals surface area contributed by atoms with Gasteiger partial charge in [0.2, 0.25) is 5.79 Å². The summed E-state index contributed by atoms with van der Waals surface area (Å²) in [5, 5.41) is 1.84. The zero-order valence-electron chi connectivity index (χ0n) is 13.3. The van der Waals surface area contributed by atoms with Crippen molar-refractivity contribution in [3.8, 4) is 11.5 Å². The Morgan fingerprint density at radius 2 is 1.64 bits per heavy atom. The maximum Gasteiger partial charge on any atom is 0.247 e. The Morgan fingerprint density at radius 3 is 2.14 bits per heavy atom. The molecule has 22 heavy (non-hydrogen) atoms. The highest BCUT2D eigenvalue weighted by molar-refractivity contribution is 6.84. The van der Waals surface area contributed by atoms with E-state index in [1.165, 1.54) is 0 Å². The van der Waals surface area contributed by atoms with E-state index in [0.717, 1.165) is 16.7 Å². The van der Waals surface area contributed by atoms with Crippen molar-refractivity contribution in [2.75, 3.05) is 20.3 Å². The summed E-state index contributed by atoms with van der Waals surface area (Å²) in [5.41, 5.74) is 0. The second-order valence-electron chi connectivity index (χ2n) is 6.52. The molecule has 0 aromatic heterocycles. The number of methoxy groups -OCH3 is 1. The summed E-state index contributed by atoms with van der Waals surface area (Å²) >= 11 is 6.54. The van der Waals surface area contributed by atoms with Crippen molar-refractivity contribution in [1.82, 2.24) is 0 Å². The second kappa shape index (κ2) is 5.56. The van der Waals surface area contributed by atoms with E-state index in [1.807, 2.05) is 24.3 Å². The van der Waals surface area contributed by atoms with Gasteiger partial charge in [-0.05, 0) is 29.5 Å². The largest absolute Gasteiger partial charge is 0.497 e. The highest BCUT2D eigenvalue weighted by Crippen LogP contribution is 2.52. The number of hydrogen-bond donors (Lipinski definition) is 0. The SMILES string of the molecule is COc1ccc(OC2C([Si](C)(C)C)=C(Cl)C23OCCO3)cc1. The summed E-state index contributed by atoms with van der Waals surface area (Å²) in [6.45, 7) is 7.82. The van der Waals surface area contributed by atoms with Crippen LogP contribution in [-0.4, -0.2) is 40.3 Å². The van der Waals surface area contributed by atoms with Gasteiger partial charge in [-0.3, -0.25) is 0 Å². The van der Waals surface area contributed by atoms with Gasteiger partial charge in [0.25, 0.3) is 0 Å². The number of benzene rings is 1. The zero-order chi connectivity index (χ0) is 16.0. The van der Waals surface area contributed by atoms with Crippen LogP contribution in [0.1, 0.15) is 0 Å². The van der Waals surface area contributed by atoms with E-state index in [-0.39, 0.29) is 6.10 Å². The lowest BCUT2D eigenvalue weighted by Crippen LogP contribution is -2.61. The third-order valence-corrected chi connectivity index (χ3v) is 6.74. The van der Waals surface area contributed by atoms with Crippen LogP contribution in [0.15, 0.2) is 34.5 Å². The first-order valence-electron chi connectivity index (χ1n) is 7.38. The zero-order valence-corrected chi connectivity index (χ0v) is 15.1. The maximum absolute atomic E-state index is 6.54. The van der Waals surface area contributed by atoms with E-state index in [9.17, 15) is 0 Å². The van der Waals surface area contributed by atoms with Gasteiger partial charge in [0.1, 0.15) is 11.5 Å². The first-order chi connectivity index (χ1) is 10.4. The number of ether oxygens (including phenoxy) is 4. The first-order valence-corrected chi connectivity index (χ1v) is 11.3. The Kier molecular flexibility index (Phi) is 4.01. The Morgan fingerprint density at radius 1 is 1.09 bits per heavy atom. The molecule has 0 bridgehead atoms. The fourth-order valence-corrected chi connectivity index (χ4v) is 5.91. The Hall–Kier alpha value is -1.01. The summed E-state index contributed by atoms with van der Waals surface area (Å²) in [5.74, 6) is 0.643. The van der Waals surface area contributed by atoms with Crippen LogP contribution in [-0.2, 0) is 9.47 Å². The molecular formula is C16H21ClO4Si. The average molecular weight is 341 g/mol. The van der Waals surface area contributed by atoms with E-state index in [1.54, 1.807) is 7.11 Å². The molecule has 0 radical (unpaired) electrons. The van der Waals surface area contributed by atoms with Gasteiger partial charge in [-0.1, -0.05) is 31.2 Å². The van der Waals surface area contributed by atoms with E-state index in [4.69, 9.17) is 30.5 Å². The molecule has 6 heteroatoms. The molecule has 0 saturated carbocycles. The van der Waals surface area contributed by atoms with Crippen LogP contribution < -0.4 is 9.47 Å². The number of rotatable bonds is 4. The molecule has 1 atom stereocenters. The normalized spacial score (nSPS) is 23.6. The molecule has 1 unspecified atom stereocenters. The van der Waals surface area contributed by atoms with Gasteiger partial charge in [-0.2, -0.15) is 0 Å². The fourth-order valence-electron chi connectivity index (χ4n) is 2.89. The topological polar surface area (TPSA) is 36.9 Å². The highest BCUT2D eigenvalue weighted by Gasteiger charge is 2.62. The van der Waals surface area contributed by atoms with Crippen LogP contribution in [0.2, 0.25) is 19.6 Å². The van der Waals surface area contributed by atoms with Gasteiger partial charge in [0.05, 0.1) is 33.4 Å². The first kappa shape index (κ1) is 15.9. The van der Waals surface area contributed by atoms with Crippen molar-refractivity contribution >= 4 is 19.7 Å². The molecule has 4 nitrogen and oxygen atoms in total. The van der Waals surface area contributed by atoms with E-state index in [2.05, 4.69) is 19.6 Å². The monoisotopic (exact) mass is 340 g/mol. The van der Waals surface area contributed by atoms with Crippen LogP contribution in [0.4, 0.5) is 0 Å². The maximum atomic E-state index is 6.54. The lowest BCUT2D eigenvalue weighted by molar-refractivity contribution is -0.186. The Labute approximate surface area is 137 Å². The highest BCUT2D eigenvalue weighted by atomic mass is 35.5. The molecular weight excluding hydrogens is 320 g/mol. The number of halogens is 1. The molecule has 0 amide bonds. The average Bonchev–Trinajstić information content (AvgIpc) is 2.98. The smallest absolute Gasteiger partial charge is 0.247 e. The lowest BCUT2D eigenvalue weighted by Gasteiger charge is -2.49. The minimum atomic E-state index is -1.63. The third-order valence-electron chi connectivity index (χ3n) is 3.99. The number of hydrogen-bond acceptors (Lipinski definition) is 4. The van der Waals surface area contributed by atoms with Gasteiger partial charge in [0, 0.05) is 0 Å². The molecule has 1 fully saturated rings. The van der Waals surface area contributed by atoms with E-state index < -0.39 is 13.9 Å². The van der Waals surface area contributed by atoms with Crippen LogP contribution >= 0.6 is 11.6 Å². The predicted molar refractivity (Wildman–Crippen MR) is 88.3 cm³/mol. The van der Waals surface area contributed by atoms with Crippen molar-refractivity contribution in [3.63, 3.8) is 0 Å². The van der Waals surface area contributed by atoms with Crippen molar-refractivity contribution in [1.29, 1.82) is 0 Å². The molecule has 1 aliphatic heterocycles. The van der Waals surface area contributed by atoms with Crippen LogP contribution in [0, 0.1) is 0 Å². The van der Waals surface area contributed by atoms with Crippen molar-refractivity contribution < 1.29 is 18.9 Å². The summed E-state index contributed by atoms with van der Waals surface area (Å²) < 4.78 is 23.0. The molecule has 3 rings (SSSR count). The lowest BCUT2D eigenvalue weighted by atomic mass is 9.96. The molecule has 1 aliphatic carbocycles.